The van der Waals surface area contributed by atoms with E-state index in [0.29, 0.717) is 6.42 Å². The molecular weight excluding hydrogens is 611 g/mol. The number of amides is 1. The Morgan fingerprint density at radius 1 is 0.723 bits per heavy atom. The van der Waals surface area contributed by atoms with Gasteiger partial charge in [0.05, 0.1) is 25.4 Å². The maximum atomic E-state index is 12.7. The van der Waals surface area contributed by atoms with Gasteiger partial charge in [-0.05, 0) is 70.6 Å². The summed E-state index contributed by atoms with van der Waals surface area (Å²) in [7, 11) is -4.35. The molecular formula is C38H67N2O6P. The molecule has 5 N–H and O–H groups in total. The van der Waals surface area contributed by atoms with E-state index in [1.807, 2.05) is 6.08 Å². The van der Waals surface area contributed by atoms with Crippen molar-refractivity contribution < 1.29 is 28.4 Å². The molecule has 0 radical (unpaired) electrons. The standard InChI is InChI=1S/C38H67N2O6P/c1-3-5-7-9-11-13-15-16-17-18-19-20-22-24-26-28-30-32-38(42)40-36(35-46-47(43,44)45-34-33-39)37(41)31-29-27-25-23-21-14-12-10-8-6-4-2/h5,7-8,10-11,13,16-17,21,23,29,31,36-37,41H,3-4,6,9,12,14-15,18-20,22,24-28,30,32-35,39H2,1-2H3,(H,40,42)(H,43,44)/b7-5-,10-8+,13-11-,17-16-,23-21+,31-29+. The Hall–Kier alpha value is -2.06. The molecule has 0 saturated heterocycles. The van der Waals surface area contributed by atoms with Crippen LogP contribution in [0.5, 0.6) is 0 Å². The molecule has 9 heteroatoms. The van der Waals surface area contributed by atoms with Gasteiger partial charge in [0.25, 0.3) is 0 Å². The summed E-state index contributed by atoms with van der Waals surface area (Å²) in [6.07, 6.45) is 42.4. The summed E-state index contributed by atoms with van der Waals surface area (Å²) in [4.78, 5) is 22.5. The van der Waals surface area contributed by atoms with E-state index in [1.165, 1.54) is 25.7 Å². The van der Waals surface area contributed by atoms with E-state index in [1.54, 1.807) is 6.08 Å². The number of carbonyl (C=O) groups excluding carboxylic acids is 1. The van der Waals surface area contributed by atoms with Gasteiger partial charge in [0.15, 0.2) is 0 Å². The van der Waals surface area contributed by atoms with E-state index >= 15 is 0 Å². The maximum absolute atomic E-state index is 12.7. The van der Waals surface area contributed by atoms with Gasteiger partial charge in [-0.3, -0.25) is 13.8 Å². The van der Waals surface area contributed by atoms with Gasteiger partial charge >= 0.3 is 7.82 Å². The number of phosphoric acid groups is 1. The Balaban J connectivity index is 4.39. The number of aliphatic hydroxyl groups is 1. The molecule has 0 saturated carbocycles. The second-order valence-corrected chi connectivity index (χ2v) is 13.1. The number of rotatable bonds is 32. The molecule has 3 atom stereocenters. The summed E-state index contributed by atoms with van der Waals surface area (Å²) < 4.78 is 22.0. The van der Waals surface area contributed by atoms with Crippen LogP contribution in [0.4, 0.5) is 0 Å². The average Bonchev–Trinajstić information content (AvgIpc) is 3.05. The predicted octanol–water partition coefficient (Wildman–Crippen LogP) is 9.32. The predicted molar refractivity (Wildman–Crippen MR) is 198 cm³/mol. The molecule has 0 bridgehead atoms. The number of aliphatic hydroxyl groups excluding tert-OH is 1. The third-order valence-electron chi connectivity index (χ3n) is 7.22. The number of hydrogen-bond donors (Lipinski definition) is 4. The second kappa shape index (κ2) is 33.8. The van der Waals surface area contributed by atoms with Crippen LogP contribution in [0.3, 0.4) is 0 Å². The molecule has 0 aliphatic rings. The van der Waals surface area contributed by atoms with Crippen LogP contribution in [-0.2, 0) is 18.4 Å². The molecule has 3 unspecified atom stereocenters. The van der Waals surface area contributed by atoms with Gasteiger partial charge in [0.1, 0.15) is 0 Å². The highest BCUT2D eigenvalue weighted by Gasteiger charge is 2.26. The molecule has 0 aromatic heterocycles. The van der Waals surface area contributed by atoms with E-state index in [4.69, 9.17) is 14.8 Å². The Labute approximate surface area is 287 Å². The Bertz CT molecular complexity index is 960. The number of phosphoric ester groups is 1. The zero-order valence-corrected chi connectivity index (χ0v) is 30.4. The van der Waals surface area contributed by atoms with Crippen LogP contribution in [0.1, 0.15) is 129 Å². The molecule has 0 fully saturated rings. The number of carbonyl (C=O) groups is 1. The first-order chi connectivity index (χ1) is 22.9. The fourth-order valence-electron chi connectivity index (χ4n) is 4.54. The van der Waals surface area contributed by atoms with E-state index < -0.39 is 20.0 Å². The van der Waals surface area contributed by atoms with Crippen molar-refractivity contribution in [2.45, 2.75) is 142 Å². The van der Waals surface area contributed by atoms with E-state index in [2.05, 4.69) is 79.9 Å². The molecule has 0 heterocycles. The minimum absolute atomic E-state index is 0.0661. The van der Waals surface area contributed by atoms with E-state index in [0.717, 1.165) is 83.5 Å². The van der Waals surface area contributed by atoms with Crippen LogP contribution < -0.4 is 11.1 Å². The van der Waals surface area contributed by atoms with Crippen molar-refractivity contribution in [1.82, 2.24) is 5.32 Å². The van der Waals surface area contributed by atoms with E-state index in [9.17, 15) is 19.4 Å². The Morgan fingerprint density at radius 2 is 1.26 bits per heavy atom. The fourth-order valence-corrected chi connectivity index (χ4v) is 5.29. The number of nitrogens with one attached hydrogen (secondary N) is 1. The lowest BCUT2D eigenvalue weighted by Crippen LogP contribution is -2.45. The van der Waals surface area contributed by atoms with Gasteiger partial charge in [-0.2, -0.15) is 0 Å². The van der Waals surface area contributed by atoms with Crippen LogP contribution in [0, 0.1) is 0 Å². The summed E-state index contributed by atoms with van der Waals surface area (Å²) in [5, 5.41) is 13.5. The topological polar surface area (TPSA) is 131 Å². The lowest BCUT2D eigenvalue weighted by atomic mass is 10.1. The average molecular weight is 679 g/mol. The molecule has 0 rings (SSSR count). The van der Waals surface area contributed by atoms with Gasteiger partial charge in [0.2, 0.25) is 5.91 Å². The van der Waals surface area contributed by atoms with Crippen LogP contribution in [0.2, 0.25) is 0 Å². The molecule has 0 aromatic carbocycles. The smallest absolute Gasteiger partial charge is 0.387 e. The molecule has 47 heavy (non-hydrogen) atoms. The maximum Gasteiger partial charge on any atom is 0.472 e. The zero-order valence-electron chi connectivity index (χ0n) is 29.5. The monoisotopic (exact) mass is 678 g/mol. The molecule has 0 aromatic rings. The van der Waals surface area contributed by atoms with Crippen LogP contribution >= 0.6 is 7.82 Å². The number of nitrogens with two attached hydrogens (primary N) is 1. The number of hydrogen-bond acceptors (Lipinski definition) is 6. The van der Waals surface area contributed by atoms with Gasteiger partial charge in [0, 0.05) is 13.0 Å². The van der Waals surface area contributed by atoms with Crippen LogP contribution in [-0.4, -0.2) is 47.8 Å². The minimum Gasteiger partial charge on any atom is -0.387 e. The van der Waals surface area contributed by atoms with Crippen LogP contribution in [0.25, 0.3) is 0 Å². The highest BCUT2D eigenvalue weighted by Crippen LogP contribution is 2.43. The summed E-state index contributed by atoms with van der Waals surface area (Å²) >= 11 is 0. The third kappa shape index (κ3) is 32.3. The van der Waals surface area contributed by atoms with Crippen molar-refractivity contribution in [3.05, 3.63) is 72.9 Å². The molecule has 0 aliphatic carbocycles. The first-order valence-electron chi connectivity index (χ1n) is 18.1. The highest BCUT2D eigenvalue weighted by atomic mass is 31.2. The summed E-state index contributed by atoms with van der Waals surface area (Å²) in [5.74, 6) is -0.225. The largest absolute Gasteiger partial charge is 0.472 e. The first-order valence-corrected chi connectivity index (χ1v) is 19.6. The highest BCUT2D eigenvalue weighted by molar-refractivity contribution is 7.47. The van der Waals surface area contributed by atoms with Gasteiger partial charge in [-0.15, -0.1) is 0 Å². The van der Waals surface area contributed by atoms with Crippen molar-refractivity contribution >= 4 is 13.7 Å². The molecule has 0 spiro atoms. The van der Waals surface area contributed by atoms with Crippen LogP contribution in [0.15, 0.2) is 72.9 Å². The number of unbranched alkanes of at least 4 members (excludes halogenated alkanes) is 10. The van der Waals surface area contributed by atoms with Crippen molar-refractivity contribution in [2.75, 3.05) is 19.8 Å². The van der Waals surface area contributed by atoms with E-state index in [-0.39, 0.29) is 25.7 Å². The summed E-state index contributed by atoms with van der Waals surface area (Å²) in [6, 6.07) is -0.890. The van der Waals surface area contributed by atoms with Crippen molar-refractivity contribution in [3.8, 4) is 0 Å². The molecule has 270 valence electrons. The van der Waals surface area contributed by atoms with Gasteiger partial charge in [-0.1, -0.05) is 125 Å². The zero-order chi connectivity index (χ0) is 34.7. The Morgan fingerprint density at radius 3 is 1.87 bits per heavy atom. The normalized spacial score (nSPS) is 15.3. The van der Waals surface area contributed by atoms with Gasteiger partial charge in [-0.25, -0.2) is 4.57 Å². The fraction of sp³-hybridized carbons (Fsp3) is 0.658. The second-order valence-electron chi connectivity index (χ2n) is 11.7. The van der Waals surface area contributed by atoms with Crippen molar-refractivity contribution in [3.63, 3.8) is 0 Å². The summed E-state index contributed by atoms with van der Waals surface area (Å²) in [6.45, 7) is 3.87. The molecule has 8 nitrogen and oxygen atoms in total. The molecule has 1 amide bonds. The van der Waals surface area contributed by atoms with Crippen molar-refractivity contribution in [2.24, 2.45) is 5.73 Å². The van der Waals surface area contributed by atoms with Crippen molar-refractivity contribution in [1.29, 1.82) is 0 Å². The Kier molecular flexibility index (Phi) is 32.3. The summed E-state index contributed by atoms with van der Waals surface area (Å²) in [5.41, 5.74) is 5.34. The lowest BCUT2D eigenvalue weighted by Gasteiger charge is -2.23. The third-order valence-corrected chi connectivity index (χ3v) is 8.21. The molecule has 0 aliphatic heterocycles. The number of allylic oxidation sites excluding steroid dienone is 11. The van der Waals surface area contributed by atoms with Gasteiger partial charge < -0.3 is 21.1 Å². The quantitative estimate of drug-likeness (QED) is 0.0317. The SMILES string of the molecule is CC/C=C\C/C=C\C/C=C\CCCCCCCCCC(=O)NC(COP(=O)(O)OCCN)C(O)/C=C/CC/C=C/CC/C=C/CCC. The lowest BCUT2D eigenvalue weighted by molar-refractivity contribution is -0.123. The first kappa shape index (κ1) is 44.9. The minimum atomic E-state index is -4.35.